The van der Waals surface area contributed by atoms with E-state index in [9.17, 15) is 4.79 Å². The van der Waals surface area contributed by atoms with Crippen molar-refractivity contribution in [2.75, 3.05) is 0 Å². The van der Waals surface area contributed by atoms with Gasteiger partial charge in [0.15, 0.2) is 5.78 Å². The van der Waals surface area contributed by atoms with Crippen LogP contribution in [0.15, 0.2) is 42.0 Å². The standard InChI is InChI=1S/C23H13Cl3N2OS2/c1-2-12-17(24)16-15(19(26)18(12)25)20(27)13(21(16)29)8-11-9-14-23(30-11)28-22(31-14)10-6-4-3-5-7-10/h3-9,27H,2H2,1H3/b13-8-,27-20?. The smallest absolute Gasteiger partial charge is 0.197 e. The normalized spacial score (nSPS) is 14.8. The topological polar surface area (TPSA) is 53.8 Å². The Balaban J connectivity index is 1.57. The number of ketones is 1. The maximum Gasteiger partial charge on any atom is 0.197 e. The van der Waals surface area contributed by atoms with Crippen LogP contribution in [-0.2, 0) is 6.42 Å². The Bertz CT molecular complexity index is 1400. The lowest BCUT2D eigenvalue weighted by atomic mass is 10.0. The summed E-state index contributed by atoms with van der Waals surface area (Å²) in [6, 6.07) is 12.0. The van der Waals surface area contributed by atoms with Crippen molar-refractivity contribution in [2.45, 2.75) is 13.3 Å². The van der Waals surface area contributed by atoms with Crippen LogP contribution in [-0.4, -0.2) is 16.5 Å². The largest absolute Gasteiger partial charge is 0.299 e. The molecular formula is C23H13Cl3N2OS2. The Morgan fingerprint density at radius 2 is 1.77 bits per heavy atom. The van der Waals surface area contributed by atoms with Crippen molar-refractivity contribution in [2.24, 2.45) is 0 Å². The Morgan fingerprint density at radius 3 is 2.45 bits per heavy atom. The number of allylic oxidation sites excluding steroid dienone is 1. The Hall–Kier alpha value is -2.02. The average Bonchev–Trinajstić information content (AvgIpc) is 3.40. The molecule has 1 aliphatic rings. The summed E-state index contributed by atoms with van der Waals surface area (Å²) in [4.78, 5) is 19.6. The molecule has 154 valence electrons. The van der Waals surface area contributed by atoms with Crippen molar-refractivity contribution in [3.63, 3.8) is 0 Å². The molecule has 1 N–H and O–H groups in total. The summed E-state index contributed by atoms with van der Waals surface area (Å²) < 4.78 is 1.04. The number of halogens is 3. The maximum atomic E-state index is 13.2. The third-order valence-electron chi connectivity index (χ3n) is 5.17. The summed E-state index contributed by atoms with van der Waals surface area (Å²) >= 11 is 22.4. The number of carbonyl (C=O) groups is 1. The fraction of sp³-hybridized carbons (Fsp3) is 0.0870. The molecule has 2 heterocycles. The molecule has 4 aromatic rings. The van der Waals surface area contributed by atoms with Gasteiger partial charge in [0.25, 0.3) is 0 Å². The zero-order valence-corrected chi connectivity index (χ0v) is 20.0. The predicted molar refractivity (Wildman–Crippen MR) is 133 cm³/mol. The van der Waals surface area contributed by atoms with Crippen LogP contribution in [0.3, 0.4) is 0 Å². The second-order valence-electron chi connectivity index (χ2n) is 6.99. The van der Waals surface area contributed by atoms with Crippen LogP contribution in [0.1, 0.15) is 33.3 Å². The number of thiophene rings is 1. The minimum Gasteiger partial charge on any atom is -0.299 e. The van der Waals surface area contributed by atoms with Gasteiger partial charge in [-0.15, -0.1) is 22.7 Å². The zero-order valence-electron chi connectivity index (χ0n) is 16.1. The fourth-order valence-corrected chi connectivity index (χ4v) is 6.91. The van der Waals surface area contributed by atoms with Crippen LogP contribution in [0, 0.1) is 5.41 Å². The number of hydrogen-bond donors (Lipinski definition) is 1. The molecule has 0 aliphatic heterocycles. The summed E-state index contributed by atoms with van der Waals surface area (Å²) in [6.07, 6.45) is 2.26. The molecule has 3 nitrogen and oxygen atoms in total. The van der Waals surface area contributed by atoms with Crippen molar-refractivity contribution in [1.29, 1.82) is 5.41 Å². The van der Waals surface area contributed by atoms with Gasteiger partial charge >= 0.3 is 0 Å². The Kier molecular flexibility index (Phi) is 5.27. The molecule has 0 saturated carbocycles. The van der Waals surface area contributed by atoms with Crippen molar-refractivity contribution >= 4 is 84.6 Å². The maximum absolute atomic E-state index is 13.2. The SMILES string of the molecule is CCc1c(Cl)c(Cl)c2c(c1Cl)C(=O)/C(=C\c1cc3sc(-c4ccccc4)nc3s1)C2=N. The molecule has 1 aliphatic carbocycles. The van der Waals surface area contributed by atoms with E-state index in [-0.39, 0.29) is 32.7 Å². The first-order valence-corrected chi connectivity index (χ1v) is 12.2. The molecular weight excluding hydrogens is 491 g/mol. The van der Waals surface area contributed by atoms with E-state index in [1.807, 2.05) is 43.3 Å². The van der Waals surface area contributed by atoms with Gasteiger partial charge in [-0.1, -0.05) is 72.1 Å². The van der Waals surface area contributed by atoms with Crippen LogP contribution in [0.4, 0.5) is 0 Å². The number of aromatic nitrogens is 1. The molecule has 2 aromatic heterocycles. The molecule has 0 amide bonds. The van der Waals surface area contributed by atoms with E-state index in [2.05, 4.69) is 0 Å². The van der Waals surface area contributed by atoms with Gasteiger partial charge in [0.05, 0.1) is 31.0 Å². The summed E-state index contributed by atoms with van der Waals surface area (Å²) in [5.41, 5.74) is 2.60. The minimum absolute atomic E-state index is 0.0474. The lowest BCUT2D eigenvalue weighted by Crippen LogP contribution is -2.00. The van der Waals surface area contributed by atoms with Gasteiger partial charge in [0.2, 0.25) is 0 Å². The van der Waals surface area contributed by atoms with Crippen LogP contribution in [0.25, 0.3) is 26.2 Å². The molecule has 0 atom stereocenters. The number of carbonyl (C=O) groups excluding carboxylic acids is 1. The van der Waals surface area contributed by atoms with E-state index >= 15 is 0 Å². The van der Waals surface area contributed by atoms with E-state index in [4.69, 9.17) is 45.2 Å². The van der Waals surface area contributed by atoms with E-state index in [1.54, 1.807) is 17.4 Å². The molecule has 0 fully saturated rings. The molecule has 0 unspecified atom stereocenters. The molecule has 31 heavy (non-hydrogen) atoms. The Morgan fingerprint density at radius 1 is 1.03 bits per heavy atom. The summed E-state index contributed by atoms with van der Waals surface area (Å²) in [5, 5.41) is 10.3. The number of nitrogens with one attached hydrogen (secondary N) is 1. The monoisotopic (exact) mass is 502 g/mol. The number of rotatable bonds is 3. The highest BCUT2D eigenvalue weighted by Gasteiger charge is 2.37. The molecule has 2 aromatic carbocycles. The predicted octanol–water partition coefficient (Wildman–Crippen LogP) is 8.20. The lowest BCUT2D eigenvalue weighted by Gasteiger charge is -2.11. The van der Waals surface area contributed by atoms with E-state index in [0.717, 1.165) is 25.0 Å². The van der Waals surface area contributed by atoms with Crippen molar-refractivity contribution in [1.82, 2.24) is 4.98 Å². The molecule has 8 heteroatoms. The van der Waals surface area contributed by atoms with Gasteiger partial charge in [0, 0.05) is 21.6 Å². The first kappa shape index (κ1) is 20.9. The van der Waals surface area contributed by atoms with Gasteiger partial charge in [-0.05, 0) is 24.1 Å². The number of nitrogens with zero attached hydrogens (tertiary/aromatic N) is 1. The van der Waals surface area contributed by atoms with E-state index < -0.39 is 0 Å². The zero-order chi connectivity index (χ0) is 21.9. The fourth-order valence-electron chi connectivity index (χ4n) is 3.66. The number of hydrogen-bond acceptors (Lipinski definition) is 5. The third-order valence-corrected chi connectivity index (χ3v) is 8.64. The average molecular weight is 504 g/mol. The minimum atomic E-state index is -0.298. The van der Waals surface area contributed by atoms with Crippen molar-refractivity contribution in [3.8, 4) is 10.6 Å². The number of thiazole rings is 1. The van der Waals surface area contributed by atoms with Crippen LogP contribution < -0.4 is 0 Å². The van der Waals surface area contributed by atoms with Crippen LogP contribution >= 0.6 is 57.5 Å². The van der Waals surface area contributed by atoms with Gasteiger partial charge in [0.1, 0.15) is 9.84 Å². The highest BCUT2D eigenvalue weighted by Crippen LogP contribution is 2.45. The highest BCUT2D eigenvalue weighted by atomic mass is 35.5. The van der Waals surface area contributed by atoms with Crippen LogP contribution in [0.2, 0.25) is 15.1 Å². The number of Topliss-reactive ketones (excluding diaryl/α,β-unsaturated/α-hetero) is 1. The molecule has 5 rings (SSSR count). The Labute approximate surface area is 201 Å². The highest BCUT2D eigenvalue weighted by molar-refractivity contribution is 7.29. The van der Waals surface area contributed by atoms with E-state index in [1.165, 1.54) is 11.3 Å². The summed E-state index contributed by atoms with van der Waals surface area (Å²) in [7, 11) is 0. The van der Waals surface area contributed by atoms with E-state index in [0.29, 0.717) is 22.6 Å². The molecule has 0 spiro atoms. The molecule has 0 radical (unpaired) electrons. The van der Waals surface area contributed by atoms with Gasteiger partial charge in [-0.3, -0.25) is 10.2 Å². The molecule has 0 saturated heterocycles. The van der Waals surface area contributed by atoms with Gasteiger partial charge in [-0.25, -0.2) is 4.98 Å². The lowest BCUT2D eigenvalue weighted by molar-refractivity contribution is 0.104. The van der Waals surface area contributed by atoms with Crippen molar-refractivity contribution in [3.05, 3.63) is 78.6 Å². The molecule has 0 bridgehead atoms. The first-order valence-electron chi connectivity index (χ1n) is 9.41. The second kappa shape index (κ2) is 7.84. The second-order valence-corrected chi connectivity index (χ2v) is 10.2. The van der Waals surface area contributed by atoms with Crippen molar-refractivity contribution < 1.29 is 4.79 Å². The third kappa shape index (κ3) is 3.27. The van der Waals surface area contributed by atoms with Gasteiger partial charge < -0.3 is 0 Å². The quantitative estimate of drug-likeness (QED) is 0.226. The number of benzene rings is 2. The van der Waals surface area contributed by atoms with Gasteiger partial charge in [-0.2, -0.15) is 0 Å². The number of fused-ring (bicyclic) bond motifs is 2. The van der Waals surface area contributed by atoms with Crippen LogP contribution in [0.5, 0.6) is 0 Å². The first-order chi connectivity index (χ1) is 14.9. The summed E-state index contributed by atoms with van der Waals surface area (Å²) in [6.45, 7) is 1.90. The summed E-state index contributed by atoms with van der Waals surface area (Å²) in [5.74, 6) is -0.298.